The number of alkyl carbamates (subject to hydrolysis) is 1. The van der Waals surface area contributed by atoms with Gasteiger partial charge in [-0.2, -0.15) is 0 Å². The Morgan fingerprint density at radius 2 is 1.69 bits per heavy atom. The van der Waals surface area contributed by atoms with Gasteiger partial charge in [0.15, 0.2) is 0 Å². The molecule has 1 heterocycles. The molecule has 2 aromatic carbocycles. The third kappa shape index (κ3) is 7.98. The van der Waals surface area contributed by atoms with Gasteiger partial charge in [-0.15, -0.1) is 0 Å². The zero-order valence-corrected chi connectivity index (χ0v) is 20.5. The number of ether oxygens (including phenoxy) is 2. The van der Waals surface area contributed by atoms with Crippen molar-refractivity contribution in [2.75, 3.05) is 7.11 Å². The molecular formula is C28H37N3O4. The van der Waals surface area contributed by atoms with Crippen LogP contribution < -0.4 is 5.32 Å². The lowest BCUT2D eigenvalue weighted by molar-refractivity contribution is -0.141. The molecule has 0 unspecified atom stereocenters. The topological polar surface area (TPSA) is 82.5 Å². The minimum atomic E-state index is -0.572. The number of nitrogens with one attached hydrogen (secondary N) is 1. The van der Waals surface area contributed by atoms with Gasteiger partial charge in [0.1, 0.15) is 12.4 Å². The Labute approximate surface area is 208 Å². The fourth-order valence-electron chi connectivity index (χ4n) is 3.79. The van der Waals surface area contributed by atoms with Crippen molar-refractivity contribution in [1.29, 1.82) is 0 Å². The second-order valence-corrected chi connectivity index (χ2v) is 9.39. The summed E-state index contributed by atoms with van der Waals surface area (Å²) < 4.78 is 12.2. The highest BCUT2D eigenvalue weighted by molar-refractivity contribution is 5.72. The van der Waals surface area contributed by atoms with E-state index in [2.05, 4.69) is 30.7 Å². The molecule has 0 bridgehead atoms. The van der Waals surface area contributed by atoms with Crippen molar-refractivity contribution < 1.29 is 19.1 Å². The van der Waals surface area contributed by atoms with Crippen molar-refractivity contribution in [3.8, 4) is 11.3 Å². The third-order valence-electron chi connectivity index (χ3n) is 5.45. The Bertz CT molecular complexity index is 1100. The maximum absolute atomic E-state index is 12.3. The molecule has 0 aliphatic rings. The second-order valence-electron chi connectivity index (χ2n) is 9.39. The molecule has 3 aromatic rings. The van der Waals surface area contributed by atoms with Crippen molar-refractivity contribution in [3.63, 3.8) is 0 Å². The Kier molecular flexibility index (Phi) is 9.63. The molecule has 35 heavy (non-hydrogen) atoms. The van der Waals surface area contributed by atoms with E-state index in [-0.39, 0.29) is 25.9 Å². The van der Waals surface area contributed by atoms with E-state index in [0.29, 0.717) is 6.42 Å². The molecule has 1 atom stereocenters. The molecule has 0 saturated heterocycles. The van der Waals surface area contributed by atoms with Crippen molar-refractivity contribution in [2.45, 2.75) is 59.1 Å². The molecule has 7 heteroatoms. The van der Waals surface area contributed by atoms with Gasteiger partial charge in [-0.05, 0) is 17.5 Å². The Hall–Kier alpha value is -3.61. The summed E-state index contributed by atoms with van der Waals surface area (Å²) in [5, 5.41) is 2.80. The van der Waals surface area contributed by atoms with Gasteiger partial charge < -0.3 is 19.4 Å². The smallest absolute Gasteiger partial charge is 0.407 e. The van der Waals surface area contributed by atoms with Crippen LogP contribution in [0, 0.1) is 0 Å². The van der Waals surface area contributed by atoms with Gasteiger partial charge in [-0.1, -0.05) is 82.8 Å². The fourth-order valence-corrected chi connectivity index (χ4v) is 3.79. The summed E-state index contributed by atoms with van der Waals surface area (Å²) in [6, 6.07) is 17.0. The van der Waals surface area contributed by atoms with Crippen LogP contribution in [0.4, 0.5) is 4.79 Å². The largest absolute Gasteiger partial charge is 0.469 e. The van der Waals surface area contributed by atoms with Crippen molar-refractivity contribution >= 4 is 12.1 Å². The number of imidazole rings is 1. The average molecular weight is 480 g/mol. The number of aromatic nitrogens is 2. The lowest BCUT2D eigenvalue weighted by atomic mass is 9.96. The first kappa shape index (κ1) is 27.6. The molecule has 0 aliphatic heterocycles. The highest BCUT2D eigenvalue weighted by atomic mass is 16.5. The van der Waals surface area contributed by atoms with Gasteiger partial charge in [0.25, 0.3) is 0 Å². The van der Waals surface area contributed by atoms with E-state index < -0.39 is 18.1 Å². The Morgan fingerprint density at radius 3 is 2.26 bits per heavy atom. The van der Waals surface area contributed by atoms with Crippen LogP contribution in [0.15, 0.2) is 60.8 Å². The highest BCUT2D eigenvalue weighted by Crippen LogP contribution is 2.26. The zero-order valence-electron chi connectivity index (χ0n) is 20.5. The summed E-state index contributed by atoms with van der Waals surface area (Å²) in [6.45, 7) is 6.58. The number of esters is 1. The summed E-state index contributed by atoms with van der Waals surface area (Å²) in [6.07, 6.45) is 1.97. The van der Waals surface area contributed by atoms with Crippen molar-refractivity contribution in [1.82, 2.24) is 14.9 Å². The molecule has 0 spiro atoms. The average Bonchev–Trinajstić information content (AvgIpc) is 3.21. The molecule has 1 aromatic heterocycles. The number of carbonyl (C=O) groups excluding carboxylic acids is 2. The Morgan fingerprint density at radius 1 is 1.03 bits per heavy atom. The molecule has 1 N–H and O–H groups in total. The molecule has 1 amide bonds. The van der Waals surface area contributed by atoms with E-state index in [0.717, 1.165) is 28.2 Å². The summed E-state index contributed by atoms with van der Waals surface area (Å²) in [5.41, 5.74) is 3.74. The molecule has 0 saturated carbocycles. The lowest BCUT2D eigenvalue weighted by Gasteiger charge is -2.18. The standard InChI is InChI=1S/C27H33N3O4.CH4/c1-27(2,3)25-29-23(17-30(25)4)21-13-11-19(12-14-21)15-22(16-24(31)33-5)28-26(32)34-18-20-9-7-6-8-10-20;/h6-14,17,22H,15-16,18H2,1-5H3,(H,28,32);1H4/t22-;/m0./s1. The molecule has 0 fully saturated rings. The van der Waals surface area contributed by atoms with E-state index in [4.69, 9.17) is 14.5 Å². The minimum Gasteiger partial charge on any atom is -0.469 e. The van der Waals surface area contributed by atoms with Gasteiger partial charge in [0, 0.05) is 30.3 Å². The third-order valence-corrected chi connectivity index (χ3v) is 5.45. The van der Waals surface area contributed by atoms with Crippen LogP contribution in [0.5, 0.6) is 0 Å². The SMILES string of the molecule is C.COC(=O)C[C@H](Cc1ccc(-c2cn(C)c(C(C)(C)C)n2)cc1)NC(=O)OCc1ccccc1. The van der Waals surface area contributed by atoms with Crippen LogP contribution >= 0.6 is 0 Å². The quantitative estimate of drug-likeness (QED) is 0.436. The van der Waals surface area contributed by atoms with Gasteiger partial charge >= 0.3 is 12.1 Å². The van der Waals surface area contributed by atoms with Gasteiger partial charge in [0.2, 0.25) is 0 Å². The normalized spacial score (nSPS) is 11.8. The van der Waals surface area contributed by atoms with Crippen LogP contribution in [0.2, 0.25) is 0 Å². The molecule has 3 rings (SSSR count). The van der Waals surface area contributed by atoms with Crippen LogP contribution in [-0.4, -0.2) is 34.8 Å². The number of amides is 1. The van der Waals surface area contributed by atoms with Crippen LogP contribution in [-0.2, 0) is 39.8 Å². The van der Waals surface area contributed by atoms with E-state index in [1.165, 1.54) is 7.11 Å². The Balaban J connectivity index is 0.00000432. The monoisotopic (exact) mass is 479 g/mol. The fraction of sp³-hybridized carbons (Fsp3) is 0.393. The van der Waals surface area contributed by atoms with E-state index in [1.54, 1.807) is 0 Å². The summed E-state index contributed by atoms with van der Waals surface area (Å²) in [5.74, 6) is 0.621. The summed E-state index contributed by atoms with van der Waals surface area (Å²) >= 11 is 0. The van der Waals surface area contributed by atoms with Gasteiger partial charge in [-0.25, -0.2) is 9.78 Å². The second kappa shape index (κ2) is 12.2. The van der Waals surface area contributed by atoms with Crippen molar-refractivity contribution in [3.05, 3.63) is 77.7 Å². The molecule has 7 nitrogen and oxygen atoms in total. The van der Waals surface area contributed by atoms with Crippen molar-refractivity contribution in [2.24, 2.45) is 7.05 Å². The van der Waals surface area contributed by atoms with Gasteiger partial charge in [0.05, 0.1) is 19.2 Å². The molecule has 0 radical (unpaired) electrons. The first-order valence-electron chi connectivity index (χ1n) is 11.3. The molecule has 188 valence electrons. The first-order valence-corrected chi connectivity index (χ1v) is 11.3. The molecular weight excluding hydrogens is 442 g/mol. The number of carbonyl (C=O) groups is 2. The highest BCUT2D eigenvalue weighted by Gasteiger charge is 2.21. The van der Waals surface area contributed by atoms with Crippen LogP contribution in [0.3, 0.4) is 0 Å². The van der Waals surface area contributed by atoms with E-state index in [1.807, 2.05) is 67.8 Å². The lowest BCUT2D eigenvalue weighted by Crippen LogP contribution is -2.38. The maximum atomic E-state index is 12.3. The van der Waals surface area contributed by atoms with Crippen LogP contribution in [0.25, 0.3) is 11.3 Å². The molecule has 0 aliphatic carbocycles. The van der Waals surface area contributed by atoms with E-state index >= 15 is 0 Å². The number of aryl methyl sites for hydroxylation is 1. The predicted octanol–water partition coefficient (Wildman–Crippen LogP) is 5.42. The zero-order chi connectivity index (χ0) is 24.7. The number of rotatable bonds is 8. The number of nitrogens with zero attached hydrogens (tertiary/aromatic N) is 2. The number of hydrogen-bond acceptors (Lipinski definition) is 5. The number of benzene rings is 2. The maximum Gasteiger partial charge on any atom is 0.407 e. The van der Waals surface area contributed by atoms with Gasteiger partial charge in [-0.3, -0.25) is 4.79 Å². The van der Waals surface area contributed by atoms with E-state index in [9.17, 15) is 9.59 Å². The first-order chi connectivity index (χ1) is 16.2. The summed E-state index contributed by atoms with van der Waals surface area (Å²) in [7, 11) is 3.34. The predicted molar refractivity (Wildman–Crippen MR) is 138 cm³/mol. The summed E-state index contributed by atoms with van der Waals surface area (Å²) in [4.78, 5) is 29.1. The minimum absolute atomic E-state index is 0. The van der Waals surface area contributed by atoms with Crippen LogP contribution in [0.1, 0.15) is 51.6 Å². The number of methoxy groups -OCH3 is 1. The number of hydrogen-bond donors (Lipinski definition) is 1.